The van der Waals surface area contributed by atoms with Gasteiger partial charge in [0.25, 0.3) is 11.8 Å². The Labute approximate surface area is 158 Å². The molecule has 2 aliphatic rings. The molecule has 140 valence electrons. The molecule has 2 unspecified atom stereocenters. The molecule has 4 rings (SSSR count). The second-order valence-corrected chi connectivity index (χ2v) is 7.79. The lowest BCUT2D eigenvalue weighted by atomic mass is 9.78. The number of amides is 2. The third-order valence-electron chi connectivity index (χ3n) is 5.74. The lowest BCUT2D eigenvalue weighted by Gasteiger charge is -2.40. The number of hydrogen-bond acceptors (Lipinski definition) is 5. The van der Waals surface area contributed by atoms with Crippen molar-refractivity contribution in [3.63, 3.8) is 0 Å². The highest BCUT2D eigenvalue weighted by atomic mass is 16.2. The fourth-order valence-corrected chi connectivity index (χ4v) is 4.52. The first-order valence-electron chi connectivity index (χ1n) is 9.33. The summed E-state index contributed by atoms with van der Waals surface area (Å²) in [6.07, 6.45) is 11.6. The van der Waals surface area contributed by atoms with E-state index in [0.29, 0.717) is 17.0 Å². The van der Waals surface area contributed by atoms with Crippen LogP contribution in [0.1, 0.15) is 65.1 Å². The van der Waals surface area contributed by atoms with E-state index in [1.54, 1.807) is 30.7 Å². The lowest BCUT2D eigenvalue weighted by molar-refractivity contribution is 0.0829. The largest absolute Gasteiger partial charge is 0.346 e. The summed E-state index contributed by atoms with van der Waals surface area (Å²) in [5, 5.41) is 6.43. The first kappa shape index (κ1) is 17.6. The summed E-state index contributed by atoms with van der Waals surface area (Å²) in [7, 11) is 0. The molecule has 0 radical (unpaired) electrons. The second-order valence-electron chi connectivity index (χ2n) is 7.79. The molecular weight excluding hydrogens is 342 g/mol. The van der Waals surface area contributed by atoms with Crippen LogP contribution < -0.4 is 10.6 Å². The van der Waals surface area contributed by atoms with Crippen LogP contribution in [0.25, 0.3) is 0 Å². The van der Waals surface area contributed by atoms with Crippen molar-refractivity contribution in [2.24, 2.45) is 0 Å². The molecule has 2 aromatic heterocycles. The van der Waals surface area contributed by atoms with Crippen molar-refractivity contribution in [3.05, 3.63) is 53.9 Å². The minimum atomic E-state index is -0.289. The average molecular weight is 365 g/mol. The molecule has 2 heterocycles. The third-order valence-corrected chi connectivity index (χ3v) is 5.74. The van der Waals surface area contributed by atoms with Gasteiger partial charge >= 0.3 is 0 Å². The van der Waals surface area contributed by atoms with Crippen molar-refractivity contribution in [3.8, 4) is 0 Å². The van der Waals surface area contributed by atoms with Crippen molar-refractivity contribution >= 4 is 11.8 Å². The molecule has 2 fully saturated rings. The van der Waals surface area contributed by atoms with Crippen LogP contribution in [0.3, 0.4) is 0 Å². The zero-order valence-corrected chi connectivity index (χ0v) is 15.4. The molecule has 2 atom stereocenters. The van der Waals surface area contributed by atoms with E-state index in [0.717, 1.165) is 38.5 Å². The summed E-state index contributed by atoms with van der Waals surface area (Å²) in [6, 6.07) is 3.53. The molecule has 2 N–H and O–H groups in total. The number of hydrogen-bond donors (Lipinski definition) is 2. The lowest BCUT2D eigenvalue weighted by Crippen LogP contribution is -2.55. The van der Waals surface area contributed by atoms with Crippen molar-refractivity contribution in [2.75, 3.05) is 0 Å². The molecule has 27 heavy (non-hydrogen) atoms. The summed E-state index contributed by atoms with van der Waals surface area (Å²) in [5.74, 6) is -0.292. The van der Waals surface area contributed by atoms with Gasteiger partial charge in [0.15, 0.2) is 0 Å². The molecule has 0 aliphatic heterocycles. The van der Waals surface area contributed by atoms with E-state index < -0.39 is 0 Å². The van der Waals surface area contributed by atoms with E-state index in [4.69, 9.17) is 0 Å². The predicted molar refractivity (Wildman–Crippen MR) is 99.1 cm³/mol. The maximum atomic E-state index is 12.7. The quantitative estimate of drug-likeness (QED) is 0.866. The van der Waals surface area contributed by atoms with Crippen LogP contribution in [0.2, 0.25) is 0 Å². The average Bonchev–Trinajstić information content (AvgIpc) is 2.92. The van der Waals surface area contributed by atoms with E-state index in [9.17, 15) is 9.59 Å². The van der Waals surface area contributed by atoms with E-state index >= 15 is 0 Å². The minimum absolute atomic E-state index is 0.100. The van der Waals surface area contributed by atoms with Gasteiger partial charge in [0.05, 0.1) is 17.5 Å². The van der Waals surface area contributed by atoms with Crippen LogP contribution in [-0.4, -0.2) is 37.8 Å². The fourth-order valence-electron chi connectivity index (χ4n) is 4.52. The Hall–Kier alpha value is -2.83. The van der Waals surface area contributed by atoms with Crippen molar-refractivity contribution in [1.29, 1.82) is 0 Å². The molecule has 7 heteroatoms. The van der Waals surface area contributed by atoms with Gasteiger partial charge in [-0.1, -0.05) is 0 Å². The molecular formula is C20H23N5O2. The minimum Gasteiger partial charge on any atom is -0.346 e. The van der Waals surface area contributed by atoms with Gasteiger partial charge in [-0.25, -0.2) is 4.98 Å². The Balaban J connectivity index is 1.48. The third kappa shape index (κ3) is 3.54. The molecule has 2 amide bonds. The fraction of sp³-hybridized carbons (Fsp3) is 0.450. The van der Waals surface area contributed by atoms with Crippen LogP contribution in [0.15, 0.2) is 36.9 Å². The van der Waals surface area contributed by atoms with Gasteiger partial charge < -0.3 is 10.6 Å². The predicted octanol–water partition coefficient (Wildman–Crippen LogP) is 2.19. The van der Waals surface area contributed by atoms with Gasteiger partial charge in [0, 0.05) is 29.7 Å². The standard InChI is InChI=1S/C20H23N5O2/c1-14-10-22-12-16(23-14)18(27)25-20-6-3-5-19(13-20,7-8-20)24-17(26)15-4-2-9-21-11-15/h2,4,9-12H,3,5-8,13H2,1H3,(H,24,26)(H,25,27). The van der Waals surface area contributed by atoms with Crippen LogP contribution in [0.4, 0.5) is 0 Å². The Kier molecular flexibility index (Phi) is 4.37. The Bertz CT molecular complexity index is 872. The van der Waals surface area contributed by atoms with Crippen molar-refractivity contribution in [2.45, 2.75) is 56.5 Å². The number of fused-ring (bicyclic) bond motifs is 2. The van der Waals surface area contributed by atoms with Gasteiger partial charge in [-0.05, 0) is 57.6 Å². The van der Waals surface area contributed by atoms with Crippen LogP contribution >= 0.6 is 0 Å². The number of carbonyl (C=O) groups is 2. The van der Waals surface area contributed by atoms with Crippen LogP contribution in [0.5, 0.6) is 0 Å². The van der Waals surface area contributed by atoms with Gasteiger partial charge in [0.1, 0.15) is 5.69 Å². The number of rotatable bonds is 4. The van der Waals surface area contributed by atoms with E-state index in [1.807, 2.05) is 6.92 Å². The number of carbonyl (C=O) groups excluding carboxylic acids is 2. The molecule has 2 aromatic rings. The first-order valence-corrected chi connectivity index (χ1v) is 9.33. The molecule has 0 spiro atoms. The smallest absolute Gasteiger partial charge is 0.271 e. The summed E-state index contributed by atoms with van der Waals surface area (Å²) in [5.41, 5.74) is 1.06. The Morgan fingerprint density at radius 1 is 0.963 bits per heavy atom. The zero-order valence-electron chi connectivity index (χ0n) is 15.4. The number of pyridine rings is 1. The molecule has 0 saturated heterocycles. The van der Waals surface area contributed by atoms with E-state index in [2.05, 4.69) is 25.6 Å². The highest BCUT2D eigenvalue weighted by Crippen LogP contribution is 2.48. The van der Waals surface area contributed by atoms with E-state index in [-0.39, 0.29) is 22.9 Å². The maximum absolute atomic E-state index is 12.7. The van der Waals surface area contributed by atoms with Gasteiger partial charge in [0.2, 0.25) is 0 Å². The molecule has 0 aromatic carbocycles. The SMILES string of the molecule is Cc1cncc(C(=O)NC23CCCC(NC(=O)c4cccnc4)(CC2)C3)n1. The van der Waals surface area contributed by atoms with Gasteiger partial charge in [-0.3, -0.25) is 19.6 Å². The number of aromatic nitrogens is 3. The summed E-state index contributed by atoms with van der Waals surface area (Å²) < 4.78 is 0. The summed E-state index contributed by atoms with van der Waals surface area (Å²) in [4.78, 5) is 37.7. The second kappa shape index (κ2) is 6.72. The van der Waals surface area contributed by atoms with Crippen LogP contribution in [-0.2, 0) is 0 Å². The van der Waals surface area contributed by atoms with Gasteiger partial charge in [-0.2, -0.15) is 0 Å². The number of aryl methyl sites for hydroxylation is 1. The van der Waals surface area contributed by atoms with Gasteiger partial charge in [-0.15, -0.1) is 0 Å². The van der Waals surface area contributed by atoms with Crippen molar-refractivity contribution in [1.82, 2.24) is 25.6 Å². The molecule has 2 saturated carbocycles. The molecule has 2 bridgehead atoms. The van der Waals surface area contributed by atoms with Crippen LogP contribution in [0, 0.1) is 6.92 Å². The first-order chi connectivity index (χ1) is 13.0. The highest BCUT2D eigenvalue weighted by Gasteiger charge is 2.52. The maximum Gasteiger partial charge on any atom is 0.271 e. The summed E-state index contributed by atoms with van der Waals surface area (Å²) in [6.45, 7) is 1.82. The van der Waals surface area contributed by atoms with Crippen molar-refractivity contribution < 1.29 is 9.59 Å². The monoisotopic (exact) mass is 365 g/mol. The van der Waals surface area contributed by atoms with E-state index in [1.165, 1.54) is 6.20 Å². The zero-order chi connectivity index (χ0) is 18.9. The normalized spacial score (nSPS) is 26.4. The Morgan fingerprint density at radius 3 is 2.37 bits per heavy atom. The molecule has 2 aliphatic carbocycles. The highest BCUT2D eigenvalue weighted by molar-refractivity contribution is 5.94. The number of nitrogens with zero attached hydrogens (tertiary/aromatic N) is 3. The topological polar surface area (TPSA) is 96.9 Å². The number of nitrogens with one attached hydrogen (secondary N) is 2. The summed E-state index contributed by atoms with van der Waals surface area (Å²) >= 11 is 0. The Morgan fingerprint density at radius 2 is 1.70 bits per heavy atom. The molecule has 7 nitrogen and oxygen atoms in total.